The van der Waals surface area contributed by atoms with Crippen molar-refractivity contribution < 1.29 is 0 Å². The Balaban J connectivity index is 2.07. The standard InChI is InChI=1S/C18H12ClN3/c19-17-16-15(13-7-3-1-4-8-13)11-22(18(16)21-12-20-17)14-9-5-2-6-10-14/h1-12H. The first-order chi connectivity index (χ1) is 10.8. The minimum absolute atomic E-state index is 0.471. The SMILES string of the molecule is Clc1ncnc2c1c(-c1ccccc1)cn2-c1ccccc1. The number of hydrogen-bond donors (Lipinski definition) is 0. The fourth-order valence-corrected chi connectivity index (χ4v) is 2.88. The average molecular weight is 306 g/mol. The second-order valence-corrected chi connectivity index (χ2v) is 5.34. The number of benzene rings is 2. The highest BCUT2D eigenvalue weighted by atomic mass is 35.5. The van der Waals surface area contributed by atoms with Gasteiger partial charge in [-0.05, 0) is 17.7 Å². The monoisotopic (exact) mass is 305 g/mol. The Morgan fingerprint density at radius 1 is 0.818 bits per heavy atom. The van der Waals surface area contributed by atoms with Crippen LogP contribution in [-0.4, -0.2) is 14.5 Å². The van der Waals surface area contributed by atoms with E-state index in [0.29, 0.717) is 5.15 Å². The van der Waals surface area contributed by atoms with Gasteiger partial charge in [-0.1, -0.05) is 60.1 Å². The molecule has 0 amide bonds. The smallest absolute Gasteiger partial charge is 0.150 e. The lowest BCUT2D eigenvalue weighted by Crippen LogP contribution is -1.93. The Labute approximate surface area is 132 Å². The predicted molar refractivity (Wildman–Crippen MR) is 89.3 cm³/mol. The van der Waals surface area contributed by atoms with Crippen LogP contribution in [0.3, 0.4) is 0 Å². The summed E-state index contributed by atoms with van der Waals surface area (Å²) in [5.41, 5.74) is 3.98. The van der Waals surface area contributed by atoms with Crippen LogP contribution in [0.2, 0.25) is 5.15 Å². The summed E-state index contributed by atoms with van der Waals surface area (Å²) in [5, 5.41) is 1.35. The zero-order valence-corrected chi connectivity index (χ0v) is 12.4. The first-order valence-electron chi connectivity index (χ1n) is 6.97. The molecular formula is C18H12ClN3. The molecule has 2 aromatic carbocycles. The minimum Gasteiger partial charge on any atom is -0.301 e. The Morgan fingerprint density at radius 2 is 1.50 bits per heavy atom. The fourth-order valence-electron chi connectivity index (χ4n) is 2.65. The zero-order chi connectivity index (χ0) is 14.9. The second kappa shape index (κ2) is 5.28. The Hall–Kier alpha value is -2.65. The third-order valence-electron chi connectivity index (χ3n) is 3.66. The van der Waals surface area contributed by atoms with Gasteiger partial charge in [-0.2, -0.15) is 0 Å². The summed E-state index contributed by atoms with van der Waals surface area (Å²) < 4.78 is 2.05. The molecule has 0 unspecified atom stereocenters. The maximum absolute atomic E-state index is 6.35. The van der Waals surface area contributed by atoms with Crippen molar-refractivity contribution in [1.29, 1.82) is 0 Å². The quantitative estimate of drug-likeness (QED) is 0.501. The molecule has 0 bridgehead atoms. The molecule has 0 fully saturated rings. The van der Waals surface area contributed by atoms with Crippen LogP contribution >= 0.6 is 11.6 Å². The molecule has 2 aromatic heterocycles. The van der Waals surface area contributed by atoms with Gasteiger partial charge in [0.2, 0.25) is 0 Å². The maximum Gasteiger partial charge on any atom is 0.150 e. The van der Waals surface area contributed by atoms with Crippen LogP contribution < -0.4 is 0 Å². The Morgan fingerprint density at radius 3 is 2.23 bits per heavy atom. The number of rotatable bonds is 2. The van der Waals surface area contributed by atoms with Gasteiger partial charge in [0.25, 0.3) is 0 Å². The third-order valence-corrected chi connectivity index (χ3v) is 3.94. The van der Waals surface area contributed by atoms with Crippen molar-refractivity contribution in [2.24, 2.45) is 0 Å². The average Bonchev–Trinajstić information content (AvgIpc) is 2.98. The molecule has 0 N–H and O–H groups in total. The molecule has 0 spiro atoms. The zero-order valence-electron chi connectivity index (χ0n) is 11.6. The molecule has 4 rings (SSSR count). The largest absolute Gasteiger partial charge is 0.301 e. The van der Waals surface area contributed by atoms with E-state index in [1.54, 1.807) is 0 Å². The summed E-state index contributed by atoms with van der Waals surface area (Å²) in [6, 6.07) is 20.2. The van der Waals surface area contributed by atoms with Gasteiger partial charge in [-0.25, -0.2) is 9.97 Å². The first-order valence-corrected chi connectivity index (χ1v) is 7.35. The highest BCUT2D eigenvalue weighted by molar-refractivity contribution is 6.35. The first kappa shape index (κ1) is 13.0. The van der Waals surface area contributed by atoms with Gasteiger partial charge in [-0.3, -0.25) is 0 Å². The topological polar surface area (TPSA) is 30.7 Å². The normalized spacial score (nSPS) is 11.0. The van der Waals surface area contributed by atoms with Crippen molar-refractivity contribution in [1.82, 2.24) is 14.5 Å². The van der Waals surface area contributed by atoms with E-state index in [1.165, 1.54) is 6.33 Å². The van der Waals surface area contributed by atoms with Crippen LogP contribution in [-0.2, 0) is 0 Å². The highest BCUT2D eigenvalue weighted by Gasteiger charge is 2.15. The van der Waals surface area contributed by atoms with Gasteiger partial charge in [0, 0.05) is 17.4 Å². The lowest BCUT2D eigenvalue weighted by Gasteiger charge is -2.03. The van der Waals surface area contributed by atoms with E-state index in [1.807, 2.05) is 53.1 Å². The number of hydrogen-bond acceptors (Lipinski definition) is 2. The molecule has 0 aliphatic rings. The summed E-state index contributed by atoms with van der Waals surface area (Å²) in [6.07, 6.45) is 3.56. The highest BCUT2D eigenvalue weighted by Crippen LogP contribution is 2.34. The predicted octanol–water partition coefficient (Wildman–Crippen LogP) is 4.74. The lowest BCUT2D eigenvalue weighted by atomic mass is 10.1. The Kier molecular flexibility index (Phi) is 3.13. The summed E-state index contributed by atoms with van der Waals surface area (Å²) in [5.74, 6) is 0. The van der Waals surface area contributed by atoms with Crippen molar-refractivity contribution in [3.63, 3.8) is 0 Å². The van der Waals surface area contributed by atoms with Crippen LogP contribution in [0.25, 0.3) is 27.8 Å². The van der Waals surface area contributed by atoms with Crippen molar-refractivity contribution in [2.45, 2.75) is 0 Å². The third kappa shape index (κ3) is 2.07. The molecular weight excluding hydrogens is 294 g/mol. The van der Waals surface area contributed by atoms with E-state index in [-0.39, 0.29) is 0 Å². The summed E-state index contributed by atoms with van der Waals surface area (Å²) in [7, 11) is 0. The van der Waals surface area contributed by atoms with Gasteiger partial charge in [0.1, 0.15) is 17.1 Å². The molecule has 3 nitrogen and oxygen atoms in total. The van der Waals surface area contributed by atoms with Crippen LogP contribution in [0.15, 0.2) is 73.2 Å². The maximum atomic E-state index is 6.35. The van der Waals surface area contributed by atoms with Crippen molar-refractivity contribution in [3.05, 3.63) is 78.3 Å². The van der Waals surface area contributed by atoms with E-state index in [2.05, 4.69) is 28.3 Å². The molecule has 0 aliphatic carbocycles. The number of nitrogens with zero attached hydrogens (tertiary/aromatic N) is 3. The number of halogens is 1. The molecule has 0 saturated heterocycles. The summed E-state index contributed by atoms with van der Waals surface area (Å²) >= 11 is 6.35. The molecule has 2 heterocycles. The lowest BCUT2D eigenvalue weighted by molar-refractivity contribution is 1.08. The molecule has 0 atom stereocenters. The van der Waals surface area contributed by atoms with E-state index in [4.69, 9.17) is 11.6 Å². The fraction of sp³-hybridized carbons (Fsp3) is 0. The van der Waals surface area contributed by atoms with E-state index in [9.17, 15) is 0 Å². The van der Waals surface area contributed by atoms with Crippen molar-refractivity contribution in [2.75, 3.05) is 0 Å². The minimum atomic E-state index is 0.471. The number of fused-ring (bicyclic) bond motifs is 1. The molecule has 0 radical (unpaired) electrons. The molecule has 4 heteroatoms. The van der Waals surface area contributed by atoms with E-state index in [0.717, 1.165) is 27.8 Å². The molecule has 0 aliphatic heterocycles. The number of para-hydroxylation sites is 1. The van der Waals surface area contributed by atoms with Crippen LogP contribution in [0.4, 0.5) is 0 Å². The van der Waals surface area contributed by atoms with Crippen LogP contribution in [0.5, 0.6) is 0 Å². The molecule has 22 heavy (non-hydrogen) atoms. The van der Waals surface area contributed by atoms with Crippen LogP contribution in [0, 0.1) is 0 Å². The van der Waals surface area contributed by atoms with Crippen LogP contribution in [0.1, 0.15) is 0 Å². The summed E-state index contributed by atoms with van der Waals surface area (Å²) in [4.78, 5) is 8.57. The second-order valence-electron chi connectivity index (χ2n) is 4.98. The number of aromatic nitrogens is 3. The molecule has 0 saturated carbocycles. The van der Waals surface area contributed by atoms with Gasteiger partial charge in [0.15, 0.2) is 0 Å². The van der Waals surface area contributed by atoms with Gasteiger partial charge in [-0.15, -0.1) is 0 Å². The van der Waals surface area contributed by atoms with Gasteiger partial charge in [0.05, 0.1) is 5.39 Å². The summed E-state index contributed by atoms with van der Waals surface area (Å²) in [6.45, 7) is 0. The van der Waals surface area contributed by atoms with Gasteiger partial charge >= 0.3 is 0 Å². The van der Waals surface area contributed by atoms with Crippen molar-refractivity contribution >= 4 is 22.6 Å². The molecule has 4 aromatic rings. The van der Waals surface area contributed by atoms with Gasteiger partial charge < -0.3 is 4.57 Å². The van der Waals surface area contributed by atoms with E-state index < -0.39 is 0 Å². The molecule has 106 valence electrons. The van der Waals surface area contributed by atoms with Crippen molar-refractivity contribution in [3.8, 4) is 16.8 Å². The Bertz CT molecular complexity index is 931. The van der Waals surface area contributed by atoms with E-state index >= 15 is 0 Å².